The summed E-state index contributed by atoms with van der Waals surface area (Å²) in [6, 6.07) is 14.7. The van der Waals surface area contributed by atoms with E-state index in [1.807, 2.05) is 30.3 Å². The summed E-state index contributed by atoms with van der Waals surface area (Å²) in [7, 11) is 1.49. The summed E-state index contributed by atoms with van der Waals surface area (Å²) in [6.07, 6.45) is -1.36. The fourth-order valence-electron chi connectivity index (χ4n) is 3.60. The van der Waals surface area contributed by atoms with Gasteiger partial charge in [0.15, 0.2) is 0 Å². The summed E-state index contributed by atoms with van der Waals surface area (Å²) >= 11 is 12.3. The van der Waals surface area contributed by atoms with E-state index in [1.54, 1.807) is 39.0 Å². The highest BCUT2D eigenvalue weighted by Gasteiger charge is 2.34. The van der Waals surface area contributed by atoms with Crippen molar-refractivity contribution in [2.45, 2.75) is 45.8 Å². The molecule has 1 heterocycles. The van der Waals surface area contributed by atoms with Gasteiger partial charge in [-0.1, -0.05) is 47.5 Å². The molecular formula is C28H32Cl3N3O6. The summed E-state index contributed by atoms with van der Waals surface area (Å²) < 4.78 is 20.3. The number of anilines is 1. The van der Waals surface area contributed by atoms with Gasteiger partial charge in [0.05, 0.1) is 24.8 Å². The molecule has 0 bridgehead atoms. The van der Waals surface area contributed by atoms with Crippen LogP contribution in [0.3, 0.4) is 0 Å². The summed E-state index contributed by atoms with van der Waals surface area (Å²) in [6.45, 7) is 7.26. The van der Waals surface area contributed by atoms with Crippen LogP contribution in [0.4, 0.5) is 10.6 Å². The van der Waals surface area contributed by atoms with Crippen molar-refractivity contribution in [1.29, 1.82) is 0 Å². The van der Waals surface area contributed by atoms with Gasteiger partial charge in [-0.05, 0) is 56.5 Å². The third-order valence-electron chi connectivity index (χ3n) is 5.79. The van der Waals surface area contributed by atoms with E-state index < -0.39 is 23.8 Å². The number of halogens is 3. The molecule has 0 fully saturated rings. The number of carbonyl (C=O) groups is 2. The van der Waals surface area contributed by atoms with E-state index in [9.17, 15) is 9.59 Å². The Morgan fingerprint density at radius 1 is 1.05 bits per heavy atom. The van der Waals surface area contributed by atoms with Crippen molar-refractivity contribution in [3.63, 3.8) is 0 Å². The Balaban J connectivity index is 0.00000560. The van der Waals surface area contributed by atoms with E-state index in [0.29, 0.717) is 40.1 Å². The molecule has 12 heteroatoms. The van der Waals surface area contributed by atoms with Crippen LogP contribution >= 0.6 is 35.6 Å². The maximum atomic E-state index is 13.0. The molecule has 2 aromatic carbocycles. The van der Waals surface area contributed by atoms with Crippen molar-refractivity contribution in [2.75, 3.05) is 25.6 Å². The third-order valence-corrected chi connectivity index (χ3v) is 6.38. The largest absolute Gasteiger partial charge is 0.511 e. The SMILES string of the molecule is CCOC(=O)OC(C)OC(=O)C(C)(C)c1cccc(-c2cc(NCCc3ccc(Cl)cc3Cl)nc(OC)n2)c1.Cl. The highest BCUT2D eigenvalue weighted by Crippen LogP contribution is 2.30. The second-order valence-corrected chi connectivity index (χ2v) is 9.86. The molecule has 1 atom stereocenters. The highest BCUT2D eigenvalue weighted by atomic mass is 35.5. The average molecular weight is 613 g/mol. The van der Waals surface area contributed by atoms with E-state index in [2.05, 4.69) is 15.3 Å². The molecule has 0 spiro atoms. The number of benzene rings is 2. The van der Waals surface area contributed by atoms with Crippen molar-refractivity contribution >= 4 is 53.6 Å². The molecule has 9 nitrogen and oxygen atoms in total. The van der Waals surface area contributed by atoms with Gasteiger partial charge in [-0.3, -0.25) is 4.79 Å². The number of aromatic nitrogens is 2. The van der Waals surface area contributed by atoms with E-state index in [-0.39, 0.29) is 25.0 Å². The van der Waals surface area contributed by atoms with Crippen molar-refractivity contribution < 1.29 is 28.5 Å². The number of hydrogen-bond acceptors (Lipinski definition) is 9. The monoisotopic (exact) mass is 611 g/mol. The first-order valence-electron chi connectivity index (χ1n) is 12.3. The second kappa shape index (κ2) is 14.9. The standard InChI is InChI=1S/C28H31Cl2N3O6.ClH/c1-6-37-27(35)39-17(2)38-25(34)28(3,4)20-9-7-8-19(14-20)23-16-24(33-26(32-23)36-5)31-13-12-18-10-11-21(29)15-22(18)30;/h7-11,14-17H,6,12-13H2,1-5H3,(H,31,32,33);1H. The van der Waals surface area contributed by atoms with Crippen LogP contribution in [0, 0.1) is 0 Å². The smallest absolute Gasteiger partial charge is 0.467 e. The quantitative estimate of drug-likeness (QED) is 0.183. The first kappa shape index (κ1) is 32.9. The van der Waals surface area contributed by atoms with Gasteiger partial charge >= 0.3 is 18.1 Å². The van der Waals surface area contributed by atoms with Gasteiger partial charge in [-0.2, -0.15) is 9.97 Å². The van der Waals surface area contributed by atoms with Gasteiger partial charge in [0.1, 0.15) is 5.82 Å². The van der Waals surface area contributed by atoms with E-state index in [0.717, 1.165) is 11.1 Å². The van der Waals surface area contributed by atoms with Gasteiger partial charge in [0.25, 0.3) is 0 Å². The van der Waals surface area contributed by atoms with Gasteiger partial charge in [-0.15, -0.1) is 12.4 Å². The number of nitrogens with one attached hydrogen (secondary N) is 1. The molecule has 0 aliphatic rings. The number of nitrogens with zero attached hydrogens (tertiary/aromatic N) is 2. The van der Waals surface area contributed by atoms with Crippen molar-refractivity contribution in [3.8, 4) is 17.3 Å². The Morgan fingerprint density at radius 2 is 1.80 bits per heavy atom. The van der Waals surface area contributed by atoms with Crippen LogP contribution in [-0.2, 0) is 30.8 Å². The molecule has 40 heavy (non-hydrogen) atoms. The minimum absolute atomic E-state index is 0. The average Bonchev–Trinajstić information content (AvgIpc) is 2.89. The van der Waals surface area contributed by atoms with E-state index in [1.165, 1.54) is 14.0 Å². The lowest BCUT2D eigenvalue weighted by atomic mass is 9.83. The Labute approximate surface area is 249 Å². The Kier molecular flexibility index (Phi) is 12.3. The molecule has 1 unspecified atom stereocenters. The predicted octanol–water partition coefficient (Wildman–Crippen LogP) is 6.88. The second-order valence-electron chi connectivity index (χ2n) is 9.02. The van der Waals surface area contributed by atoms with Crippen molar-refractivity contribution in [1.82, 2.24) is 9.97 Å². The minimum Gasteiger partial charge on any atom is -0.467 e. The lowest BCUT2D eigenvalue weighted by Crippen LogP contribution is -2.35. The third kappa shape index (κ3) is 8.87. The normalized spacial score (nSPS) is 11.6. The molecule has 0 saturated carbocycles. The number of hydrogen-bond donors (Lipinski definition) is 1. The number of carbonyl (C=O) groups excluding carboxylic acids is 2. The Morgan fingerprint density at radius 3 is 2.48 bits per heavy atom. The van der Waals surface area contributed by atoms with Gasteiger partial charge in [0.2, 0.25) is 6.29 Å². The molecule has 0 amide bonds. The number of rotatable bonds is 11. The van der Waals surface area contributed by atoms with Gasteiger partial charge < -0.3 is 24.3 Å². The molecule has 3 rings (SSSR count). The lowest BCUT2D eigenvalue weighted by molar-refractivity contribution is -0.173. The lowest BCUT2D eigenvalue weighted by Gasteiger charge is -2.25. The summed E-state index contributed by atoms with van der Waals surface area (Å²) in [5.41, 5.74) is 1.92. The first-order valence-corrected chi connectivity index (χ1v) is 13.0. The van der Waals surface area contributed by atoms with Crippen LogP contribution in [-0.4, -0.2) is 48.6 Å². The maximum Gasteiger partial charge on any atom is 0.511 e. The molecular weight excluding hydrogens is 581 g/mol. The molecule has 0 aliphatic heterocycles. The molecule has 3 aromatic rings. The highest BCUT2D eigenvalue weighted by molar-refractivity contribution is 6.35. The Hall–Kier alpha value is -3.27. The zero-order valence-corrected chi connectivity index (χ0v) is 25.2. The van der Waals surface area contributed by atoms with E-state index >= 15 is 0 Å². The number of methoxy groups -OCH3 is 1. The van der Waals surface area contributed by atoms with Crippen LogP contribution < -0.4 is 10.1 Å². The summed E-state index contributed by atoms with van der Waals surface area (Å²) in [5, 5.41) is 4.47. The van der Waals surface area contributed by atoms with Crippen LogP contribution in [0.5, 0.6) is 6.01 Å². The topological polar surface area (TPSA) is 109 Å². The number of esters is 1. The first-order chi connectivity index (χ1) is 18.5. The van der Waals surface area contributed by atoms with E-state index in [4.69, 9.17) is 42.1 Å². The Bertz CT molecular complexity index is 1320. The maximum absolute atomic E-state index is 13.0. The zero-order chi connectivity index (χ0) is 28.6. The van der Waals surface area contributed by atoms with Crippen molar-refractivity contribution in [3.05, 3.63) is 69.7 Å². The minimum atomic E-state index is -1.11. The molecule has 1 aromatic heterocycles. The summed E-state index contributed by atoms with van der Waals surface area (Å²) in [4.78, 5) is 33.4. The van der Waals surface area contributed by atoms with Crippen LogP contribution in [0.1, 0.15) is 38.8 Å². The molecule has 0 aliphatic carbocycles. The fourth-order valence-corrected chi connectivity index (χ4v) is 4.10. The van der Waals surface area contributed by atoms with Crippen LogP contribution in [0.15, 0.2) is 48.5 Å². The molecule has 0 radical (unpaired) electrons. The summed E-state index contributed by atoms with van der Waals surface area (Å²) in [5.74, 6) is -0.00381. The number of ether oxygens (including phenoxy) is 4. The van der Waals surface area contributed by atoms with Gasteiger partial charge in [0, 0.05) is 35.1 Å². The van der Waals surface area contributed by atoms with Crippen LogP contribution in [0.2, 0.25) is 10.0 Å². The van der Waals surface area contributed by atoms with Gasteiger partial charge in [-0.25, -0.2) is 4.79 Å². The predicted molar refractivity (Wildman–Crippen MR) is 157 cm³/mol. The zero-order valence-electron chi connectivity index (χ0n) is 22.8. The molecule has 0 saturated heterocycles. The fraction of sp³-hybridized carbons (Fsp3) is 0.357. The molecule has 216 valence electrons. The van der Waals surface area contributed by atoms with Crippen LogP contribution in [0.25, 0.3) is 11.3 Å². The van der Waals surface area contributed by atoms with Crippen molar-refractivity contribution in [2.24, 2.45) is 0 Å². The molecule has 1 N–H and O–H groups in total.